The highest BCUT2D eigenvalue weighted by Crippen LogP contribution is 2.26. The zero-order chi connectivity index (χ0) is 22.0. The van der Waals surface area contributed by atoms with Crippen molar-refractivity contribution in [2.45, 2.75) is 19.0 Å². The van der Waals surface area contributed by atoms with Crippen molar-refractivity contribution in [2.75, 3.05) is 12.9 Å². The minimum absolute atomic E-state index is 0.0547. The fraction of sp³-hybridized carbons (Fsp3) is 0.174. The van der Waals surface area contributed by atoms with Gasteiger partial charge in [-0.25, -0.2) is 4.39 Å². The number of carbonyl (C=O) groups excluding carboxylic acids is 1. The van der Waals surface area contributed by atoms with E-state index in [1.165, 1.54) is 17.8 Å². The normalized spacial score (nSPS) is 11.0. The number of carbonyl (C=O) groups is 1. The minimum atomic E-state index is -0.330. The molecular formula is C23H21FN4O2S. The number of aryl methyl sites for hydroxylation is 1. The number of rotatable bonds is 7. The average molecular weight is 437 g/mol. The van der Waals surface area contributed by atoms with Gasteiger partial charge >= 0.3 is 0 Å². The largest absolute Gasteiger partial charge is 0.497 e. The van der Waals surface area contributed by atoms with Crippen molar-refractivity contribution in [1.29, 1.82) is 0 Å². The molecule has 0 aliphatic carbocycles. The number of ether oxygens (including phenoxy) is 1. The highest BCUT2D eigenvalue weighted by molar-refractivity contribution is 7.99. The third kappa shape index (κ3) is 4.11. The van der Waals surface area contributed by atoms with Crippen molar-refractivity contribution in [3.63, 3.8) is 0 Å². The number of nitrogens with zero attached hydrogens (tertiary/aromatic N) is 4. The van der Waals surface area contributed by atoms with Gasteiger partial charge in [0.25, 0.3) is 0 Å². The van der Waals surface area contributed by atoms with E-state index in [-0.39, 0.29) is 17.4 Å². The molecule has 0 saturated heterocycles. The molecule has 2 aromatic carbocycles. The number of para-hydroxylation sites is 1. The predicted octanol–water partition coefficient (Wildman–Crippen LogP) is 4.80. The van der Waals surface area contributed by atoms with Gasteiger partial charge in [-0.15, -0.1) is 10.2 Å². The van der Waals surface area contributed by atoms with Crippen LogP contribution in [0.3, 0.4) is 0 Å². The van der Waals surface area contributed by atoms with Crippen molar-refractivity contribution in [2.24, 2.45) is 0 Å². The van der Waals surface area contributed by atoms with Crippen LogP contribution in [0.1, 0.15) is 21.7 Å². The van der Waals surface area contributed by atoms with E-state index >= 15 is 0 Å². The maximum Gasteiger partial charge on any atom is 0.196 e. The molecule has 6 nitrogen and oxygen atoms in total. The molecule has 31 heavy (non-hydrogen) atoms. The first kappa shape index (κ1) is 20.9. The molecule has 0 spiro atoms. The van der Waals surface area contributed by atoms with Gasteiger partial charge in [0, 0.05) is 23.0 Å². The first-order chi connectivity index (χ1) is 15.0. The number of ketones is 1. The molecule has 0 atom stereocenters. The number of aromatic nitrogens is 4. The second-order valence-electron chi connectivity index (χ2n) is 6.97. The maximum absolute atomic E-state index is 14.3. The van der Waals surface area contributed by atoms with E-state index in [2.05, 4.69) is 10.2 Å². The average Bonchev–Trinajstić information content (AvgIpc) is 3.37. The summed E-state index contributed by atoms with van der Waals surface area (Å²) in [6, 6.07) is 15.9. The second-order valence-corrected chi connectivity index (χ2v) is 7.91. The van der Waals surface area contributed by atoms with Crippen LogP contribution < -0.4 is 4.74 Å². The van der Waals surface area contributed by atoms with Crippen molar-refractivity contribution < 1.29 is 13.9 Å². The van der Waals surface area contributed by atoms with Crippen LogP contribution in [-0.4, -0.2) is 38.0 Å². The molecule has 158 valence electrons. The molecule has 0 fully saturated rings. The summed E-state index contributed by atoms with van der Waals surface area (Å²) in [6.07, 6.45) is 1.60. The van der Waals surface area contributed by atoms with Gasteiger partial charge in [0.15, 0.2) is 10.9 Å². The SMILES string of the molecule is COc1cccc(-n2cnnc2SCC(=O)c2cc(C)n(-c3ccccc3F)c2C)c1. The molecule has 0 aliphatic heterocycles. The summed E-state index contributed by atoms with van der Waals surface area (Å²) in [7, 11) is 1.61. The summed E-state index contributed by atoms with van der Waals surface area (Å²) in [5.74, 6) is 0.522. The Balaban J connectivity index is 1.55. The lowest BCUT2D eigenvalue weighted by Crippen LogP contribution is -2.07. The molecule has 0 saturated carbocycles. The molecule has 2 aromatic heterocycles. The molecule has 2 heterocycles. The third-order valence-corrected chi connectivity index (χ3v) is 5.95. The Hall–Kier alpha value is -3.39. The highest BCUT2D eigenvalue weighted by atomic mass is 32.2. The van der Waals surface area contributed by atoms with Crippen molar-refractivity contribution in [3.8, 4) is 17.1 Å². The smallest absolute Gasteiger partial charge is 0.196 e. The van der Waals surface area contributed by atoms with Gasteiger partial charge in [-0.2, -0.15) is 0 Å². The quantitative estimate of drug-likeness (QED) is 0.308. The Kier molecular flexibility index (Phi) is 5.90. The number of halogens is 1. The number of Topliss-reactive ketones (excluding diaryl/α,β-unsaturated/α-hetero) is 1. The number of hydrogen-bond donors (Lipinski definition) is 0. The zero-order valence-corrected chi connectivity index (χ0v) is 18.2. The topological polar surface area (TPSA) is 61.9 Å². The van der Waals surface area contributed by atoms with E-state index in [9.17, 15) is 9.18 Å². The van der Waals surface area contributed by atoms with E-state index in [1.54, 1.807) is 42.3 Å². The Labute approximate surface area is 183 Å². The van der Waals surface area contributed by atoms with Crippen LogP contribution in [0, 0.1) is 19.7 Å². The van der Waals surface area contributed by atoms with Crippen LogP contribution in [-0.2, 0) is 0 Å². The summed E-state index contributed by atoms with van der Waals surface area (Å²) < 4.78 is 23.2. The Morgan fingerprint density at radius 1 is 1.13 bits per heavy atom. The van der Waals surface area contributed by atoms with Gasteiger partial charge in [-0.05, 0) is 44.2 Å². The summed E-state index contributed by atoms with van der Waals surface area (Å²) in [5.41, 5.74) is 3.36. The highest BCUT2D eigenvalue weighted by Gasteiger charge is 2.19. The lowest BCUT2D eigenvalue weighted by Gasteiger charge is -2.11. The summed E-state index contributed by atoms with van der Waals surface area (Å²) in [4.78, 5) is 13.0. The van der Waals surface area contributed by atoms with Gasteiger partial charge in [0.05, 0.1) is 24.2 Å². The zero-order valence-electron chi connectivity index (χ0n) is 17.4. The molecule has 4 rings (SSSR count). The molecule has 0 amide bonds. The molecule has 0 bridgehead atoms. The molecular weight excluding hydrogens is 415 g/mol. The maximum atomic E-state index is 14.3. The van der Waals surface area contributed by atoms with Crippen LogP contribution in [0.4, 0.5) is 4.39 Å². The van der Waals surface area contributed by atoms with Crippen LogP contribution >= 0.6 is 11.8 Å². The Morgan fingerprint density at radius 2 is 1.94 bits per heavy atom. The van der Waals surface area contributed by atoms with E-state index in [0.717, 1.165) is 17.1 Å². The Bertz CT molecular complexity index is 1250. The lowest BCUT2D eigenvalue weighted by molar-refractivity contribution is 0.102. The first-order valence-electron chi connectivity index (χ1n) is 9.64. The first-order valence-corrected chi connectivity index (χ1v) is 10.6. The van der Waals surface area contributed by atoms with Crippen LogP contribution in [0.25, 0.3) is 11.4 Å². The van der Waals surface area contributed by atoms with E-state index in [1.807, 2.05) is 42.7 Å². The number of benzene rings is 2. The third-order valence-electron chi connectivity index (χ3n) is 5.01. The van der Waals surface area contributed by atoms with Crippen molar-refractivity contribution >= 4 is 17.5 Å². The molecule has 0 radical (unpaired) electrons. The van der Waals surface area contributed by atoms with Crippen LogP contribution in [0.5, 0.6) is 5.75 Å². The molecule has 0 N–H and O–H groups in total. The van der Waals surface area contributed by atoms with Gasteiger partial charge in [0.1, 0.15) is 17.9 Å². The second kappa shape index (κ2) is 8.77. The summed E-state index contributed by atoms with van der Waals surface area (Å²) in [5, 5.41) is 8.73. The molecule has 4 aromatic rings. The molecule has 0 aliphatic rings. The van der Waals surface area contributed by atoms with Crippen molar-refractivity contribution in [1.82, 2.24) is 19.3 Å². The monoisotopic (exact) mass is 436 g/mol. The van der Waals surface area contributed by atoms with E-state index < -0.39 is 0 Å². The van der Waals surface area contributed by atoms with Gasteiger partial charge < -0.3 is 9.30 Å². The minimum Gasteiger partial charge on any atom is -0.497 e. The predicted molar refractivity (Wildman–Crippen MR) is 118 cm³/mol. The fourth-order valence-electron chi connectivity index (χ4n) is 3.52. The van der Waals surface area contributed by atoms with Crippen LogP contribution in [0.2, 0.25) is 0 Å². The standard InChI is InChI=1S/C23H21FN4O2S/c1-15-11-19(16(2)28(15)21-10-5-4-9-20(21)24)22(29)13-31-23-26-25-14-27(23)17-7-6-8-18(12-17)30-3/h4-12,14H,13H2,1-3H3. The van der Waals surface area contributed by atoms with Crippen molar-refractivity contribution in [3.05, 3.63) is 83.7 Å². The Morgan fingerprint density at radius 3 is 2.71 bits per heavy atom. The summed E-state index contributed by atoms with van der Waals surface area (Å²) in [6.45, 7) is 3.69. The molecule has 0 unspecified atom stereocenters. The fourth-order valence-corrected chi connectivity index (χ4v) is 4.33. The summed E-state index contributed by atoms with van der Waals surface area (Å²) >= 11 is 1.30. The van der Waals surface area contributed by atoms with E-state index in [4.69, 9.17) is 4.74 Å². The van der Waals surface area contributed by atoms with Gasteiger partial charge in [0.2, 0.25) is 0 Å². The van der Waals surface area contributed by atoms with E-state index in [0.29, 0.717) is 22.1 Å². The number of thioether (sulfide) groups is 1. The van der Waals surface area contributed by atoms with Crippen LogP contribution in [0.15, 0.2) is 66.1 Å². The number of hydrogen-bond acceptors (Lipinski definition) is 5. The number of methoxy groups -OCH3 is 1. The van der Waals surface area contributed by atoms with Gasteiger partial charge in [-0.3, -0.25) is 9.36 Å². The molecule has 8 heteroatoms. The van der Waals surface area contributed by atoms with Gasteiger partial charge in [-0.1, -0.05) is 30.0 Å². The lowest BCUT2D eigenvalue weighted by atomic mass is 10.2.